The van der Waals surface area contributed by atoms with Crippen LogP contribution in [0.3, 0.4) is 0 Å². The number of methoxy groups -OCH3 is 3. The van der Waals surface area contributed by atoms with Gasteiger partial charge in [0.05, 0.1) is 32.6 Å². The summed E-state index contributed by atoms with van der Waals surface area (Å²) in [5.74, 6) is 0.471. The number of benzene rings is 1. The molecule has 3 heterocycles. The van der Waals surface area contributed by atoms with Gasteiger partial charge in [0.1, 0.15) is 5.82 Å². The van der Waals surface area contributed by atoms with Gasteiger partial charge in [0.25, 0.3) is 5.91 Å². The molecule has 0 aliphatic heterocycles. The largest absolute Gasteiger partial charge is 0.493 e. The van der Waals surface area contributed by atoms with Gasteiger partial charge in [-0.25, -0.2) is 19.3 Å². The fraction of sp³-hybridized carbons (Fsp3) is 0.136. The zero-order chi connectivity index (χ0) is 22.7. The van der Waals surface area contributed by atoms with Gasteiger partial charge in [-0.05, 0) is 36.4 Å². The molecule has 0 unspecified atom stereocenters. The van der Waals surface area contributed by atoms with E-state index in [4.69, 9.17) is 9.47 Å². The fourth-order valence-corrected chi connectivity index (χ4v) is 3.11. The van der Waals surface area contributed by atoms with E-state index in [0.29, 0.717) is 17.1 Å². The van der Waals surface area contributed by atoms with E-state index in [2.05, 4.69) is 25.1 Å². The van der Waals surface area contributed by atoms with Gasteiger partial charge in [0.2, 0.25) is 0 Å². The molecule has 10 heteroatoms. The van der Waals surface area contributed by atoms with Crippen molar-refractivity contribution in [1.29, 1.82) is 0 Å². The predicted molar refractivity (Wildman–Crippen MR) is 115 cm³/mol. The zero-order valence-corrected chi connectivity index (χ0v) is 17.5. The van der Waals surface area contributed by atoms with Gasteiger partial charge in [-0.1, -0.05) is 0 Å². The lowest BCUT2D eigenvalue weighted by molar-refractivity contribution is 0.0600. The molecule has 1 N–H and O–H groups in total. The number of fused-ring (bicyclic) bond motifs is 1. The summed E-state index contributed by atoms with van der Waals surface area (Å²) in [7, 11) is 4.41. The highest BCUT2D eigenvalue weighted by atomic mass is 16.5. The van der Waals surface area contributed by atoms with Crippen LogP contribution in [-0.2, 0) is 4.74 Å². The maximum absolute atomic E-state index is 12.7. The van der Waals surface area contributed by atoms with Crippen LogP contribution in [-0.4, -0.2) is 52.8 Å². The Bertz CT molecular complexity index is 1300. The molecule has 0 atom stereocenters. The lowest BCUT2D eigenvalue weighted by Gasteiger charge is -2.10. The summed E-state index contributed by atoms with van der Waals surface area (Å²) in [6, 6.07) is 11.9. The standard InChI is InChI=1S/C22H19N5O5/c1-30-17-6-4-13(10-18(17)31-2)16-8-9-23-20-11-15(26-27(16)20)21(28)25-19-7-5-14(12-24-19)22(29)32-3/h4-12H,1-3H3,(H,24,25,28). The summed E-state index contributed by atoms with van der Waals surface area (Å²) in [5, 5.41) is 7.06. The van der Waals surface area contributed by atoms with Crippen LogP contribution in [0.4, 0.5) is 5.82 Å². The smallest absolute Gasteiger partial charge is 0.339 e. The zero-order valence-electron chi connectivity index (χ0n) is 17.5. The second kappa shape index (κ2) is 8.72. The molecule has 0 fully saturated rings. The van der Waals surface area contributed by atoms with Gasteiger partial charge in [-0.15, -0.1) is 0 Å². The Labute approximate surface area is 182 Å². The van der Waals surface area contributed by atoms with Crippen LogP contribution in [0.25, 0.3) is 16.9 Å². The summed E-state index contributed by atoms with van der Waals surface area (Å²) >= 11 is 0. The molecule has 32 heavy (non-hydrogen) atoms. The predicted octanol–water partition coefficient (Wildman–Crippen LogP) is 2.85. The normalized spacial score (nSPS) is 10.6. The van der Waals surface area contributed by atoms with E-state index in [0.717, 1.165) is 11.3 Å². The number of hydrogen-bond donors (Lipinski definition) is 1. The molecule has 0 saturated carbocycles. The first-order valence-corrected chi connectivity index (χ1v) is 9.47. The average Bonchev–Trinajstić information content (AvgIpc) is 3.28. The molecule has 1 aromatic carbocycles. The number of amides is 1. The SMILES string of the molecule is COC(=O)c1ccc(NC(=O)c2cc3nccc(-c4ccc(OC)c(OC)c4)n3n2)nc1. The van der Waals surface area contributed by atoms with E-state index in [1.807, 2.05) is 12.1 Å². The molecule has 0 bridgehead atoms. The number of carbonyl (C=O) groups excluding carboxylic acids is 2. The number of esters is 1. The Morgan fingerprint density at radius 2 is 1.75 bits per heavy atom. The Kier molecular flexibility index (Phi) is 5.67. The van der Waals surface area contributed by atoms with Crippen molar-refractivity contribution in [3.8, 4) is 22.8 Å². The molecular weight excluding hydrogens is 414 g/mol. The molecule has 162 valence electrons. The summed E-state index contributed by atoms with van der Waals surface area (Å²) in [6.45, 7) is 0. The van der Waals surface area contributed by atoms with E-state index in [1.54, 1.807) is 43.1 Å². The third-order valence-electron chi connectivity index (χ3n) is 4.70. The Hall–Kier alpha value is -4.47. The Balaban J connectivity index is 1.63. The molecular formula is C22H19N5O5. The molecule has 0 spiro atoms. The number of rotatable bonds is 6. The van der Waals surface area contributed by atoms with Crippen LogP contribution in [0, 0.1) is 0 Å². The second-order valence-corrected chi connectivity index (χ2v) is 6.58. The molecule has 0 aliphatic carbocycles. The van der Waals surface area contributed by atoms with Gasteiger partial charge in [-0.2, -0.15) is 5.10 Å². The van der Waals surface area contributed by atoms with Crippen molar-refractivity contribution in [2.24, 2.45) is 0 Å². The number of pyridine rings is 1. The van der Waals surface area contributed by atoms with Crippen LogP contribution >= 0.6 is 0 Å². The lowest BCUT2D eigenvalue weighted by atomic mass is 10.1. The molecule has 4 aromatic rings. The first-order chi connectivity index (χ1) is 15.5. The number of hydrogen-bond acceptors (Lipinski definition) is 8. The highest BCUT2D eigenvalue weighted by molar-refractivity contribution is 6.03. The number of carbonyl (C=O) groups is 2. The highest BCUT2D eigenvalue weighted by Crippen LogP contribution is 2.32. The van der Waals surface area contributed by atoms with E-state index >= 15 is 0 Å². The monoisotopic (exact) mass is 433 g/mol. The van der Waals surface area contributed by atoms with Crippen LogP contribution in [0.1, 0.15) is 20.8 Å². The van der Waals surface area contributed by atoms with Crippen LogP contribution in [0.5, 0.6) is 11.5 Å². The number of ether oxygens (including phenoxy) is 3. The minimum Gasteiger partial charge on any atom is -0.493 e. The van der Waals surface area contributed by atoms with E-state index in [1.165, 1.54) is 25.4 Å². The fourth-order valence-electron chi connectivity index (χ4n) is 3.11. The molecule has 10 nitrogen and oxygen atoms in total. The Morgan fingerprint density at radius 3 is 2.44 bits per heavy atom. The molecule has 3 aromatic heterocycles. The van der Waals surface area contributed by atoms with Crippen molar-refractivity contribution < 1.29 is 23.8 Å². The maximum Gasteiger partial charge on any atom is 0.339 e. The molecule has 0 saturated heterocycles. The van der Waals surface area contributed by atoms with Gasteiger partial charge in [-0.3, -0.25) is 4.79 Å². The van der Waals surface area contributed by atoms with Crippen LogP contribution < -0.4 is 14.8 Å². The van der Waals surface area contributed by atoms with Crippen molar-refractivity contribution in [3.63, 3.8) is 0 Å². The average molecular weight is 433 g/mol. The molecule has 4 rings (SSSR count). The van der Waals surface area contributed by atoms with Crippen LogP contribution in [0.2, 0.25) is 0 Å². The van der Waals surface area contributed by atoms with Crippen molar-refractivity contribution in [2.75, 3.05) is 26.6 Å². The van der Waals surface area contributed by atoms with Gasteiger partial charge >= 0.3 is 5.97 Å². The number of nitrogens with one attached hydrogen (secondary N) is 1. The highest BCUT2D eigenvalue weighted by Gasteiger charge is 2.16. The number of aromatic nitrogens is 4. The van der Waals surface area contributed by atoms with E-state index in [-0.39, 0.29) is 17.1 Å². The summed E-state index contributed by atoms with van der Waals surface area (Å²) in [5.41, 5.74) is 2.46. The first-order valence-electron chi connectivity index (χ1n) is 9.47. The quantitative estimate of drug-likeness (QED) is 0.462. The third-order valence-corrected chi connectivity index (χ3v) is 4.70. The number of nitrogens with zero attached hydrogens (tertiary/aromatic N) is 4. The minimum absolute atomic E-state index is 0.157. The van der Waals surface area contributed by atoms with Crippen molar-refractivity contribution in [1.82, 2.24) is 19.6 Å². The molecule has 1 amide bonds. The summed E-state index contributed by atoms with van der Waals surface area (Å²) in [6.07, 6.45) is 2.96. The topological polar surface area (TPSA) is 117 Å². The number of anilines is 1. The molecule has 0 aliphatic rings. The minimum atomic E-state index is -0.510. The maximum atomic E-state index is 12.7. The summed E-state index contributed by atoms with van der Waals surface area (Å²) < 4.78 is 16.9. The van der Waals surface area contributed by atoms with E-state index in [9.17, 15) is 9.59 Å². The Morgan fingerprint density at radius 1 is 0.938 bits per heavy atom. The van der Waals surface area contributed by atoms with Crippen molar-refractivity contribution >= 4 is 23.3 Å². The van der Waals surface area contributed by atoms with Crippen molar-refractivity contribution in [2.45, 2.75) is 0 Å². The third kappa shape index (κ3) is 3.93. The van der Waals surface area contributed by atoms with Gasteiger partial charge < -0.3 is 19.5 Å². The van der Waals surface area contributed by atoms with Crippen molar-refractivity contribution in [3.05, 3.63) is 66.1 Å². The lowest BCUT2D eigenvalue weighted by Crippen LogP contribution is -2.14. The molecule has 0 radical (unpaired) electrons. The second-order valence-electron chi connectivity index (χ2n) is 6.58. The van der Waals surface area contributed by atoms with E-state index < -0.39 is 11.9 Å². The van der Waals surface area contributed by atoms with Crippen LogP contribution in [0.15, 0.2) is 54.9 Å². The summed E-state index contributed by atoms with van der Waals surface area (Å²) in [4.78, 5) is 32.6. The van der Waals surface area contributed by atoms with Gasteiger partial charge in [0.15, 0.2) is 22.8 Å². The first kappa shape index (κ1) is 20.8. The van der Waals surface area contributed by atoms with Gasteiger partial charge in [0, 0.05) is 24.0 Å².